The highest BCUT2D eigenvalue weighted by Gasteiger charge is 2.37. The fourth-order valence-corrected chi connectivity index (χ4v) is 4.01. The van der Waals surface area contributed by atoms with Gasteiger partial charge in [0.05, 0.1) is 5.69 Å². The van der Waals surface area contributed by atoms with Crippen molar-refractivity contribution in [2.75, 3.05) is 16.3 Å². The van der Waals surface area contributed by atoms with Gasteiger partial charge in [0.2, 0.25) is 5.91 Å². The van der Waals surface area contributed by atoms with Crippen LogP contribution in [0.2, 0.25) is 0 Å². The van der Waals surface area contributed by atoms with E-state index < -0.39 is 6.10 Å². The summed E-state index contributed by atoms with van der Waals surface area (Å²) >= 11 is 0. The molecular weight excluding hydrogens is 340 g/mol. The summed E-state index contributed by atoms with van der Waals surface area (Å²) in [4.78, 5) is 29.6. The standard InChI is InChI=1S/C22H24N2O3/c1-4-19-22(26)23(18-11-14(2)9-10-20(18)27-19)13-21(25)24-15(3)12-16-7-5-6-8-17(16)24/h5-11,15,19H,4,12-13H2,1-3H3/t15-,19-/m1/s1. The molecule has 0 spiro atoms. The second-order valence-corrected chi connectivity index (χ2v) is 7.36. The van der Waals surface area contributed by atoms with E-state index in [0.717, 1.165) is 17.7 Å². The molecule has 0 saturated carbocycles. The number of fused-ring (bicyclic) bond motifs is 2. The third-order valence-corrected chi connectivity index (χ3v) is 5.36. The lowest BCUT2D eigenvalue weighted by molar-refractivity contribution is -0.128. The lowest BCUT2D eigenvalue weighted by atomic mass is 10.1. The number of rotatable bonds is 3. The van der Waals surface area contributed by atoms with Crippen LogP contribution in [0.4, 0.5) is 11.4 Å². The summed E-state index contributed by atoms with van der Waals surface area (Å²) in [6, 6.07) is 13.8. The SMILES string of the molecule is CC[C@H]1Oc2ccc(C)cc2N(CC(=O)N2c3ccccc3C[C@H]2C)C1=O. The number of aryl methyl sites for hydroxylation is 1. The van der Waals surface area contributed by atoms with E-state index >= 15 is 0 Å². The third-order valence-electron chi connectivity index (χ3n) is 5.36. The molecule has 2 aliphatic rings. The van der Waals surface area contributed by atoms with E-state index in [0.29, 0.717) is 17.9 Å². The molecule has 0 saturated heterocycles. The molecule has 2 aromatic carbocycles. The van der Waals surface area contributed by atoms with Crippen LogP contribution in [0.5, 0.6) is 5.75 Å². The zero-order valence-electron chi connectivity index (χ0n) is 15.9. The average molecular weight is 364 g/mol. The number of nitrogens with zero attached hydrogens (tertiary/aromatic N) is 2. The van der Waals surface area contributed by atoms with Crippen molar-refractivity contribution in [1.82, 2.24) is 0 Å². The summed E-state index contributed by atoms with van der Waals surface area (Å²) in [5, 5.41) is 0. The molecule has 0 fully saturated rings. The Bertz CT molecular complexity index is 908. The van der Waals surface area contributed by atoms with E-state index in [1.54, 1.807) is 4.90 Å². The van der Waals surface area contributed by atoms with Gasteiger partial charge in [-0.05, 0) is 56.0 Å². The molecule has 2 aliphatic heterocycles. The largest absolute Gasteiger partial charge is 0.478 e. The fraction of sp³-hybridized carbons (Fsp3) is 0.364. The van der Waals surface area contributed by atoms with Gasteiger partial charge in [0, 0.05) is 11.7 Å². The predicted octanol–water partition coefficient (Wildman–Crippen LogP) is 3.48. The molecule has 4 rings (SSSR count). The van der Waals surface area contributed by atoms with E-state index in [4.69, 9.17) is 4.74 Å². The first-order valence-electron chi connectivity index (χ1n) is 9.48. The van der Waals surface area contributed by atoms with Crippen LogP contribution in [-0.4, -0.2) is 30.5 Å². The molecule has 0 aromatic heterocycles. The lowest BCUT2D eigenvalue weighted by Crippen LogP contribution is -2.51. The zero-order valence-corrected chi connectivity index (χ0v) is 15.9. The number of carbonyl (C=O) groups is 2. The number of amides is 2. The number of hydrogen-bond donors (Lipinski definition) is 0. The van der Waals surface area contributed by atoms with Crippen molar-refractivity contribution < 1.29 is 14.3 Å². The first kappa shape index (κ1) is 17.6. The number of carbonyl (C=O) groups excluding carboxylic acids is 2. The van der Waals surface area contributed by atoms with Crippen molar-refractivity contribution in [3.05, 3.63) is 53.6 Å². The van der Waals surface area contributed by atoms with Crippen molar-refractivity contribution in [2.24, 2.45) is 0 Å². The lowest BCUT2D eigenvalue weighted by Gasteiger charge is -2.35. The monoisotopic (exact) mass is 364 g/mol. The highest BCUT2D eigenvalue weighted by molar-refractivity contribution is 6.07. The summed E-state index contributed by atoms with van der Waals surface area (Å²) in [7, 11) is 0. The Hall–Kier alpha value is -2.82. The Morgan fingerprint density at radius 2 is 1.96 bits per heavy atom. The van der Waals surface area contributed by atoms with Crippen LogP contribution in [0.3, 0.4) is 0 Å². The van der Waals surface area contributed by atoms with Crippen molar-refractivity contribution in [1.29, 1.82) is 0 Å². The second-order valence-electron chi connectivity index (χ2n) is 7.36. The first-order valence-corrected chi connectivity index (χ1v) is 9.48. The smallest absolute Gasteiger partial charge is 0.268 e. The maximum atomic E-state index is 13.2. The molecule has 2 aromatic rings. The van der Waals surface area contributed by atoms with Gasteiger partial charge in [-0.25, -0.2) is 0 Å². The molecule has 0 N–H and O–H groups in total. The van der Waals surface area contributed by atoms with Gasteiger partial charge < -0.3 is 9.64 Å². The van der Waals surface area contributed by atoms with Crippen molar-refractivity contribution >= 4 is 23.2 Å². The van der Waals surface area contributed by atoms with Crippen LogP contribution >= 0.6 is 0 Å². The van der Waals surface area contributed by atoms with Crippen LogP contribution in [0, 0.1) is 6.92 Å². The molecule has 140 valence electrons. The highest BCUT2D eigenvalue weighted by Crippen LogP contribution is 2.37. The Kier molecular flexibility index (Phi) is 4.38. The molecule has 0 bridgehead atoms. The number of para-hydroxylation sites is 1. The van der Waals surface area contributed by atoms with Crippen LogP contribution in [-0.2, 0) is 16.0 Å². The van der Waals surface area contributed by atoms with Gasteiger partial charge in [-0.2, -0.15) is 0 Å². The molecule has 27 heavy (non-hydrogen) atoms. The van der Waals surface area contributed by atoms with Gasteiger partial charge in [0.1, 0.15) is 12.3 Å². The average Bonchev–Trinajstić information content (AvgIpc) is 2.99. The Labute approximate surface area is 159 Å². The van der Waals surface area contributed by atoms with Crippen LogP contribution < -0.4 is 14.5 Å². The molecule has 0 unspecified atom stereocenters. The number of anilines is 2. The van der Waals surface area contributed by atoms with Gasteiger partial charge >= 0.3 is 0 Å². The summed E-state index contributed by atoms with van der Waals surface area (Å²) in [5.74, 6) is 0.448. The first-order chi connectivity index (χ1) is 13.0. The van der Waals surface area contributed by atoms with Gasteiger partial charge in [-0.1, -0.05) is 31.2 Å². The molecule has 2 amide bonds. The zero-order chi connectivity index (χ0) is 19.1. The molecule has 5 heteroatoms. The van der Waals surface area contributed by atoms with Gasteiger partial charge in [0.25, 0.3) is 5.91 Å². The quantitative estimate of drug-likeness (QED) is 0.838. The summed E-state index contributed by atoms with van der Waals surface area (Å²) < 4.78 is 5.85. The number of benzene rings is 2. The minimum atomic E-state index is -0.545. The number of hydrogen-bond acceptors (Lipinski definition) is 3. The minimum absolute atomic E-state index is 0.0216. The number of ether oxygens (including phenoxy) is 1. The van der Waals surface area contributed by atoms with Gasteiger partial charge in [0.15, 0.2) is 6.10 Å². The topological polar surface area (TPSA) is 49.9 Å². The second kappa shape index (κ2) is 6.72. The Balaban J connectivity index is 1.66. The predicted molar refractivity (Wildman–Crippen MR) is 105 cm³/mol. The highest BCUT2D eigenvalue weighted by atomic mass is 16.5. The Morgan fingerprint density at radius 3 is 2.74 bits per heavy atom. The summed E-state index contributed by atoms with van der Waals surface area (Å²) in [6.07, 6.45) is 0.864. The molecule has 5 nitrogen and oxygen atoms in total. The van der Waals surface area contributed by atoms with Gasteiger partial charge in [-0.15, -0.1) is 0 Å². The normalized spacial score (nSPS) is 20.9. The van der Waals surface area contributed by atoms with E-state index in [1.165, 1.54) is 5.56 Å². The van der Waals surface area contributed by atoms with E-state index in [2.05, 4.69) is 6.07 Å². The summed E-state index contributed by atoms with van der Waals surface area (Å²) in [6.45, 7) is 5.95. The van der Waals surface area contributed by atoms with Gasteiger partial charge in [-0.3, -0.25) is 14.5 Å². The van der Waals surface area contributed by atoms with Crippen LogP contribution in [0.25, 0.3) is 0 Å². The molecule has 0 aliphatic carbocycles. The van der Waals surface area contributed by atoms with E-state index in [-0.39, 0.29) is 24.4 Å². The van der Waals surface area contributed by atoms with E-state index in [1.807, 2.05) is 62.1 Å². The minimum Gasteiger partial charge on any atom is -0.478 e. The van der Waals surface area contributed by atoms with Crippen LogP contribution in [0.15, 0.2) is 42.5 Å². The maximum Gasteiger partial charge on any atom is 0.268 e. The fourth-order valence-electron chi connectivity index (χ4n) is 4.01. The molecule has 2 atom stereocenters. The Morgan fingerprint density at radius 1 is 1.19 bits per heavy atom. The van der Waals surface area contributed by atoms with E-state index in [9.17, 15) is 9.59 Å². The maximum absolute atomic E-state index is 13.2. The van der Waals surface area contributed by atoms with Crippen LogP contribution in [0.1, 0.15) is 31.4 Å². The van der Waals surface area contributed by atoms with Crippen molar-refractivity contribution in [2.45, 2.75) is 45.8 Å². The third kappa shape index (κ3) is 2.97. The van der Waals surface area contributed by atoms with Crippen molar-refractivity contribution in [3.8, 4) is 5.75 Å². The molecular formula is C22H24N2O3. The molecule has 2 heterocycles. The van der Waals surface area contributed by atoms with Crippen molar-refractivity contribution in [3.63, 3.8) is 0 Å². The molecule has 0 radical (unpaired) electrons. The summed E-state index contributed by atoms with van der Waals surface area (Å²) in [5.41, 5.74) is 3.83.